The zero-order chi connectivity index (χ0) is 12.6. The van der Waals surface area contributed by atoms with Crippen LogP contribution >= 0.6 is 0 Å². The van der Waals surface area contributed by atoms with Gasteiger partial charge in [-0.1, -0.05) is 6.07 Å². The van der Waals surface area contributed by atoms with Crippen molar-refractivity contribution in [2.24, 2.45) is 5.73 Å². The molecule has 4 heteroatoms. The summed E-state index contributed by atoms with van der Waals surface area (Å²) in [7, 11) is 1.63. The van der Waals surface area contributed by atoms with Gasteiger partial charge in [-0.05, 0) is 19.9 Å². The molecular weight excluding hydrogens is 221 g/mol. The summed E-state index contributed by atoms with van der Waals surface area (Å²) < 4.78 is 24.4. The molecule has 0 spiro atoms. The van der Waals surface area contributed by atoms with E-state index in [1.165, 1.54) is 12.1 Å². The molecule has 1 aromatic rings. The maximum atomic E-state index is 13.2. The fraction of sp³-hybridized carbons (Fsp3) is 0.538. The first-order valence-corrected chi connectivity index (χ1v) is 5.73. The van der Waals surface area contributed by atoms with Gasteiger partial charge in [-0.3, -0.25) is 0 Å². The van der Waals surface area contributed by atoms with Crippen molar-refractivity contribution in [3.8, 4) is 5.75 Å². The van der Waals surface area contributed by atoms with E-state index in [2.05, 4.69) is 0 Å². The quantitative estimate of drug-likeness (QED) is 0.862. The largest absolute Gasteiger partial charge is 0.484 e. The number of benzene rings is 1. The summed E-state index contributed by atoms with van der Waals surface area (Å²) in [5, 5.41) is 0. The van der Waals surface area contributed by atoms with Gasteiger partial charge in [0.15, 0.2) is 0 Å². The molecule has 0 aromatic heterocycles. The van der Waals surface area contributed by atoms with E-state index in [0.717, 1.165) is 5.56 Å². The van der Waals surface area contributed by atoms with E-state index in [1.54, 1.807) is 13.2 Å². The first-order valence-electron chi connectivity index (χ1n) is 5.73. The van der Waals surface area contributed by atoms with Crippen molar-refractivity contribution in [1.29, 1.82) is 0 Å². The first kappa shape index (κ1) is 12.3. The molecule has 0 saturated heterocycles. The molecule has 0 fully saturated rings. The van der Waals surface area contributed by atoms with Crippen LogP contribution in [0.4, 0.5) is 4.39 Å². The predicted molar refractivity (Wildman–Crippen MR) is 63.4 cm³/mol. The van der Waals surface area contributed by atoms with E-state index in [4.69, 9.17) is 15.2 Å². The van der Waals surface area contributed by atoms with Gasteiger partial charge in [-0.25, -0.2) is 4.39 Å². The smallest absolute Gasteiger partial charge is 0.134 e. The summed E-state index contributed by atoms with van der Waals surface area (Å²) in [6.07, 6.45) is 0.547. The summed E-state index contributed by atoms with van der Waals surface area (Å²) in [5.74, 6) is 0.209. The summed E-state index contributed by atoms with van der Waals surface area (Å²) in [4.78, 5) is 0. The third-order valence-corrected chi connectivity index (χ3v) is 3.56. The van der Waals surface area contributed by atoms with Crippen LogP contribution < -0.4 is 10.5 Å². The van der Waals surface area contributed by atoms with Gasteiger partial charge in [0.2, 0.25) is 0 Å². The molecule has 3 atom stereocenters. The van der Waals surface area contributed by atoms with Crippen LogP contribution in [0.1, 0.15) is 31.9 Å². The predicted octanol–water partition coefficient (Wildman–Crippen LogP) is 2.40. The van der Waals surface area contributed by atoms with Crippen LogP contribution in [0, 0.1) is 5.82 Å². The van der Waals surface area contributed by atoms with Crippen LogP contribution in [0.25, 0.3) is 0 Å². The monoisotopic (exact) mass is 239 g/mol. The molecule has 0 bridgehead atoms. The highest BCUT2D eigenvalue weighted by molar-refractivity contribution is 5.39. The lowest BCUT2D eigenvalue weighted by atomic mass is 9.85. The molecule has 2 unspecified atom stereocenters. The van der Waals surface area contributed by atoms with E-state index in [0.29, 0.717) is 12.2 Å². The number of rotatable bonds is 2. The molecule has 1 aromatic carbocycles. The van der Waals surface area contributed by atoms with Crippen molar-refractivity contribution < 1.29 is 13.9 Å². The van der Waals surface area contributed by atoms with Crippen molar-refractivity contribution in [2.75, 3.05) is 7.11 Å². The van der Waals surface area contributed by atoms with Crippen LogP contribution in [0.15, 0.2) is 18.2 Å². The lowest BCUT2D eigenvalue weighted by Gasteiger charge is -2.41. The molecule has 2 rings (SSSR count). The molecule has 3 nitrogen and oxygen atoms in total. The van der Waals surface area contributed by atoms with Gasteiger partial charge >= 0.3 is 0 Å². The van der Waals surface area contributed by atoms with Gasteiger partial charge in [0, 0.05) is 31.2 Å². The number of nitrogens with two attached hydrogens (primary N) is 1. The number of hydrogen-bond acceptors (Lipinski definition) is 3. The van der Waals surface area contributed by atoms with Gasteiger partial charge in [0.05, 0.1) is 6.10 Å². The average molecular weight is 239 g/mol. The summed E-state index contributed by atoms with van der Waals surface area (Å²) in [5.41, 5.74) is 6.44. The lowest BCUT2D eigenvalue weighted by Crippen LogP contribution is -2.49. The number of fused-ring (bicyclic) bond motifs is 1. The molecule has 94 valence electrons. The molecule has 1 aliphatic rings. The van der Waals surface area contributed by atoms with Gasteiger partial charge in [0.1, 0.15) is 17.2 Å². The molecule has 0 radical (unpaired) electrons. The van der Waals surface area contributed by atoms with E-state index in [9.17, 15) is 4.39 Å². The Morgan fingerprint density at radius 3 is 2.94 bits per heavy atom. The molecule has 17 heavy (non-hydrogen) atoms. The zero-order valence-corrected chi connectivity index (χ0v) is 10.4. The minimum Gasteiger partial charge on any atom is -0.484 e. The fourth-order valence-electron chi connectivity index (χ4n) is 2.24. The Morgan fingerprint density at radius 2 is 2.29 bits per heavy atom. The maximum absolute atomic E-state index is 13.2. The van der Waals surface area contributed by atoms with Gasteiger partial charge < -0.3 is 15.2 Å². The van der Waals surface area contributed by atoms with Gasteiger partial charge in [-0.2, -0.15) is 0 Å². The summed E-state index contributed by atoms with van der Waals surface area (Å²) >= 11 is 0. The van der Waals surface area contributed by atoms with Crippen molar-refractivity contribution >= 4 is 0 Å². The Balaban J connectivity index is 2.37. The van der Waals surface area contributed by atoms with E-state index >= 15 is 0 Å². The van der Waals surface area contributed by atoms with Crippen LogP contribution in [0.5, 0.6) is 5.75 Å². The number of ether oxygens (including phenoxy) is 2. The SMILES string of the molecule is COC(C)C1(C)C[C@H](N)c2ccc(F)cc2O1. The molecule has 0 aliphatic carbocycles. The Morgan fingerprint density at radius 1 is 1.59 bits per heavy atom. The number of methoxy groups -OCH3 is 1. The molecule has 0 amide bonds. The minimum atomic E-state index is -0.519. The summed E-state index contributed by atoms with van der Waals surface area (Å²) in [6.45, 7) is 3.87. The standard InChI is InChI=1S/C13H18FNO2/c1-8(16-3)13(2)7-11(15)10-5-4-9(14)6-12(10)17-13/h4-6,8,11H,7,15H2,1-3H3/t8?,11-,13?/m0/s1. The third kappa shape index (κ3) is 2.15. The van der Waals surface area contributed by atoms with Crippen molar-refractivity contribution in [2.45, 2.75) is 38.0 Å². The Kier molecular flexibility index (Phi) is 3.10. The Bertz CT molecular complexity index is 424. The molecule has 1 heterocycles. The van der Waals surface area contributed by atoms with Gasteiger partial charge in [-0.15, -0.1) is 0 Å². The van der Waals surface area contributed by atoms with Crippen molar-refractivity contribution in [1.82, 2.24) is 0 Å². The van der Waals surface area contributed by atoms with E-state index < -0.39 is 5.60 Å². The van der Waals surface area contributed by atoms with E-state index in [1.807, 2.05) is 13.8 Å². The summed E-state index contributed by atoms with van der Waals surface area (Å²) in [6, 6.07) is 4.33. The molecule has 2 N–H and O–H groups in total. The normalized spacial score (nSPS) is 29.4. The first-order chi connectivity index (χ1) is 7.96. The van der Waals surface area contributed by atoms with Crippen LogP contribution in [-0.4, -0.2) is 18.8 Å². The second-order valence-corrected chi connectivity index (χ2v) is 4.79. The average Bonchev–Trinajstić information content (AvgIpc) is 2.26. The topological polar surface area (TPSA) is 44.5 Å². The third-order valence-electron chi connectivity index (χ3n) is 3.56. The fourth-order valence-corrected chi connectivity index (χ4v) is 2.24. The van der Waals surface area contributed by atoms with E-state index in [-0.39, 0.29) is 18.0 Å². The zero-order valence-electron chi connectivity index (χ0n) is 10.4. The molecule has 0 saturated carbocycles. The van der Waals surface area contributed by atoms with Crippen molar-refractivity contribution in [3.05, 3.63) is 29.6 Å². The molecular formula is C13H18FNO2. The minimum absolute atomic E-state index is 0.107. The highest BCUT2D eigenvalue weighted by Gasteiger charge is 2.40. The lowest BCUT2D eigenvalue weighted by molar-refractivity contribution is -0.0708. The highest BCUT2D eigenvalue weighted by atomic mass is 19.1. The maximum Gasteiger partial charge on any atom is 0.134 e. The van der Waals surface area contributed by atoms with Crippen LogP contribution in [0.3, 0.4) is 0 Å². The Hall–Kier alpha value is -1.13. The second-order valence-electron chi connectivity index (χ2n) is 4.79. The highest BCUT2D eigenvalue weighted by Crippen LogP contribution is 2.40. The van der Waals surface area contributed by atoms with Gasteiger partial charge in [0.25, 0.3) is 0 Å². The number of hydrogen-bond donors (Lipinski definition) is 1. The molecule has 1 aliphatic heterocycles. The number of halogens is 1. The van der Waals surface area contributed by atoms with Crippen LogP contribution in [-0.2, 0) is 4.74 Å². The van der Waals surface area contributed by atoms with Crippen LogP contribution in [0.2, 0.25) is 0 Å². The van der Waals surface area contributed by atoms with Crippen molar-refractivity contribution in [3.63, 3.8) is 0 Å². The second kappa shape index (κ2) is 4.27. The Labute approximate surface area is 101 Å².